The molecule has 2 fully saturated rings. The number of alkyl halides is 1. The van der Waals surface area contributed by atoms with Crippen LogP contribution in [-0.4, -0.2) is 80.2 Å². The van der Waals surface area contributed by atoms with Gasteiger partial charge < -0.3 is 24.4 Å². The van der Waals surface area contributed by atoms with E-state index in [1.165, 1.54) is 6.07 Å². The molecule has 1 atom stereocenters. The maximum atomic E-state index is 15.6. The van der Waals surface area contributed by atoms with Gasteiger partial charge in [0.05, 0.1) is 22.8 Å². The lowest BCUT2D eigenvalue weighted by Crippen LogP contribution is -2.36. The molecular weight excluding hydrogens is 578 g/mol. The molecule has 2 aliphatic heterocycles. The number of nitrogens with one attached hydrogen (secondary N) is 1. The van der Waals surface area contributed by atoms with Crippen LogP contribution in [0.2, 0.25) is 0 Å². The zero-order valence-corrected chi connectivity index (χ0v) is 26.5. The second-order valence-electron chi connectivity index (χ2n) is 13.3. The zero-order chi connectivity index (χ0) is 31.9. The van der Waals surface area contributed by atoms with Crippen molar-refractivity contribution in [1.29, 1.82) is 0 Å². The Balaban J connectivity index is 1.15. The lowest BCUT2D eigenvalue weighted by Gasteiger charge is -2.29. The van der Waals surface area contributed by atoms with Crippen molar-refractivity contribution in [2.24, 2.45) is 7.05 Å². The molecule has 9 nitrogen and oxygen atoms in total. The summed E-state index contributed by atoms with van der Waals surface area (Å²) >= 11 is 0. The van der Waals surface area contributed by atoms with Crippen LogP contribution in [0.4, 0.5) is 13.6 Å². The van der Waals surface area contributed by atoms with Crippen molar-refractivity contribution in [2.75, 3.05) is 32.7 Å². The second-order valence-corrected chi connectivity index (χ2v) is 13.3. The molecule has 2 amide bonds. The number of hydrogen-bond donors (Lipinski definition) is 1. The first-order valence-electron chi connectivity index (χ1n) is 15.9. The number of carbonyl (C=O) groups excluding carboxylic acids is 2. The number of ether oxygens (including phenoxy) is 1. The highest BCUT2D eigenvalue weighted by Crippen LogP contribution is 2.35. The monoisotopic (exact) mass is 620 g/mol. The minimum Gasteiger partial charge on any atom is -0.444 e. The van der Waals surface area contributed by atoms with Gasteiger partial charge in [-0.05, 0) is 95.3 Å². The van der Waals surface area contributed by atoms with Gasteiger partial charge in [0.2, 0.25) is 5.78 Å². The van der Waals surface area contributed by atoms with Gasteiger partial charge in [0.1, 0.15) is 17.6 Å². The highest BCUT2D eigenvalue weighted by atomic mass is 19.1. The quantitative estimate of drug-likeness (QED) is 0.247. The summed E-state index contributed by atoms with van der Waals surface area (Å²) in [5, 5.41) is 3.00. The van der Waals surface area contributed by atoms with E-state index in [1.54, 1.807) is 17.0 Å². The summed E-state index contributed by atoms with van der Waals surface area (Å²) in [6, 6.07) is 10.4. The third-order valence-corrected chi connectivity index (χ3v) is 8.83. The first-order chi connectivity index (χ1) is 21.5. The predicted molar refractivity (Wildman–Crippen MR) is 169 cm³/mol. The molecule has 0 radical (unpaired) electrons. The molecule has 4 aromatic rings. The van der Waals surface area contributed by atoms with Gasteiger partial charge in [-0.2, -0.15) is 0 Å². The maximum Gasteiger partial charge on any atom is 0.410 e. The van der Waals surface area contributed by atoms with E-state index in [4.69, 9.17) is 9.72 Å². The highest BCUT2D eigenvalue weighted by Gasteiger charge is 2.33. The third-order valence-electron chi connectivity index (χ3n) is 8.83. The van der Waals surface area contributed by atoms with Crippen LogP contribution in [0.1, 0.15) is 74.8 Å². The molecule has 2 saturated heterocycles. The van der Waals surface area contributed by atoms with Gasteiger partial charge in [-0.3, -0.25) is 9.20 Å². The molecule has 2 aromatic heterocycles. The summed E-state index contributed by atoms with van der Waals surface area (Å²) in [6.45, 7) is 9.03. The minimum atomic E-state index is -0.683. The predicted octanol–water partition coefficient (Wildman–Crippen LogP) is 6.26. The lowest BCUT2D eigenvalue weighted by molar-refractivity contribution is 0.0224. The Labute approximate surface area is 262 Å². The van der Waals surface area contributed by atoms with E-state index in [9.17, 15) is 14.0 Å². The van der Waals surface area contributed by atoms with Crippen LogP contribution in [0, 0.1) is 5.82 Å². The van der Waals surface area contributed by atoms with E-state index in [0.29, 0.717) is 48.5 Å². The lowest BCUT2D eigenvalue weighted by atomic mass is 10.0. The number of imidazole rings is 2. The fourth-order valence-electron chi connectivity index (χ4n) is 6.49. The van der Waals surface area contributed by atoms with Crippen LogP contribution in [0.25, 0.3) is 28.1 Å². The summed E-state index contributed by atoms with van der Waals surface area (Å²) in [4.78, 5) is 34.3. The molecule has 45 heavy (non-hydrogen) atoms. The number of halogens is 2. The number of amides is 2. The maximum absolute atomic E-state index is 15.6. The molecule has 1 N–H and O–H groups in total. The van der Waals surface area contributed by atoms with E-state index < -0.39 is 17.6 Å². The van der Waals surface area contributed by atoms with E-state index in [2.05, 4.69) is 10.2 Å². The number of fused-ring (bicyclic) bond motifs is 3. The average molecular weight is 621 g/mol. The van der Waals surface area contributed by atoms with E-state index in [-0.39, 0.29) is 18.0 Å². The number of nitrogens with zero attached hydrogens (tertiary/aromatic N) is 5. The normalized spacial score (nSPS) is 18.3. The van der Waals surface area contributed by atoms with E-state index >= 15 is 4.39 Å². The second kappa shape index (κ2) is 12.4. The first-order valence-corrected chi connectivity index (χ1v) is 15.9. The molecule has 0 aliphatic carbocycles. The highest BCUT2D eigenvalue weighted by molar-refractivity contribution is 5.98. The smallest absolute Gasteiger partial charge is 0.410 e. The molecule has 240 valence electrons. The third kappa shape index (κ3) is 6.54. The molecule has 2 aromatic carbocycles. The largest absolute Gasteiger partial charge is 0.444 e. The first kappa shape index (κ1) is 31.0. The molecule has 6 rings (SSSR count). The van der Waals surface area contributed by atoms with Crippen LogP contribution in [-0.2, 0) is 11.8 Å². The van der Waals surface area contributed by atoms with Gasteiger partial charge in [0.25, 0.3) is 5.91 Å². The van der Waals surface area contributed by atoms with Crippen molar-refractivity contribution in [2.45, 2.75) is 70.7 Å². The summed E-state index contributed by atoms with van der Waals surface area (Å²) in [5.74, 6) is 0.0839. The van der Waals surface area contributed by atoms with E-state index in [1.807, 2.05) is 61.2 Å². The molecule has 0 spiro atoms. The number of rotatable bonds is 7. The average Bonchev–Trinajstić information content (AvgIpc) is 3.72. The molecule has 0 bridgehead atoms. The summed E-state index contributed by atoms with van der Waals surface area (Å²) in [7, 11) is 1.88. The van der Waals surface area contributed by atoms with Crippen LogP contribution >= 0.6 is 0 Å². The van der Waals surface area contributed by atoms with Crippen LogP contribution < -0.4 is 5.32 Å². The van der Waals surface area contributed by atoms with Gasteiger partial charge in [0, 0.05) is 50.6 Å². The fraction of sp³-hybridized carbons (Fsp3) is 0.500. The summed E-state index contributed by atoms with van der Waals surface area (Å²) in [6.07, 6.45) is 4.32. The van der Waals surface area contributed by atoms with E-state index in [0.717, 1.165) is 55.5 Å². The number of hydrogen-bond acceptors (Lipinski definition) is 5. The van der Waals surface area contributed by atoms with Gasteiger partial charge >= 0.3 is 6.09 Å². The topological polar surface area (TPSA) is 84.1 Å². The molecular formula is C34H42F2N6O3. The Morgan fingerprint density at radius 2 is 1.82 bits per heavy atom. The van der Waals surface area contributed by atoms with Crippen LogP contribution in [0.5, 0.6) is 0 Å². The van der Waals surface area contributed by atoms with Crippen molar-refractivity contribution < 1.29 is 23.1 Å². The Morgan fingerprint density at radius 3 is 2.56 bits per heavy atom. The Hall–Kier alpha value is -3.99. The SMILES string of the molecule is Cn1c2cc(C(=O)NCCCN3CCC(F)CC3)ccc2n2cc(-c3ccc([C@H]4CCCN4C(=O)OC(C)(C)C)cc3F)nc12. The summed E-state index contributed by atoms with van der Waals surface area (Å²) < 4.78 is 38.3. The van der Waals surface area contributed by atoms with Crippen molar-refractivity contribution in [3.05, 3.63) is 59.5 Å². The van der Waals surface area contributed by atoms with Crippen LogP contribution in [0.3, 0.4) is 0 Å². The van der Waals surface area contributed by atoms with Crippen LogP contribution in [0.15, 0.2) is 42.6 Å². The van der Waals surface area contributed by atoms with Gasteiger partial charge in [-0.25, -0.2) is 18.6 Å². The molecule has 4 heterocycles. The number of carbonyl (C=O) groups is 2. The number of likely N-dealkylation sites (tertiary alicyclic amines) is 2. The van der Waals surface area contributed by atoms with Crippen molar-refractivity contribution in [3.8, 4) is 11.3 Å². The summed E-state index contributed by atoms with van der Waals surface area (Å²) in [5.41, 5.74) is 3.26. The van der Waals surface area contributed by atoms with Gasteiger partial charge in [-0.1, -0.05) is 6.07 Å². The Kier molecular flexibility index (Phi) is 8.56. The van der Waals surface area contributed by atoms with Crippen molar-refractivity contribution >= 4 is 28.8 Å². The van der Waals surface area contributed by atoms with Gasteiger partial charge in [0.15, 0.2) is 0 Å². The Morgan fingerprint density at radius 1 is 1.04 bits per heavy atom. The standard InChI is InChI=1S/C34H42F2N6O3/c1-34(2,3)45-33(44)41-16-5-7-28(41)22-8-10-25(26(36)19-22)27-21-42-29-11-9-23(20-30(29)39(4)32(42)38-27)31(43)37-14-6-15-40-17-12-24(35)13-18-40/h8-11,19-21,24,28H,5-7,12-18H2,1-4H3,(H,37,43)/t28-/m1/s1. The molecule has 0 saturated carbocycles. The Bertz CT molecular complexity index is 1720. The number of aryl methyl sites for hydroxylation is 1. The van der Waals surface area contributed by atoms with Gasteiger partial charge in [-0.15, -0.1) is 0 Å². The fourth-order valence-corrected chi connectivity index (χ4v) is 6.49. The molecule has 11 heteroatoms. The number of aromatic nitrogens is 3. The number of piperidine rings is 1. The molecule has 2 aliphatic rings. The van der Waals surface area contributed by atoms with Crippen molar-refractivity contribution in [1.82, 2.24) is 29.1 Å². The minimum absolute atomic E-state index is 0.145. The van der Waals surface area contributed by atoms with Crippen molar-refractivity contribution in [3.63, 3.8) is 0 Å². The molecule has 0 unspecified atom stereocenters. The zero-order valence-electron chi connectivity index (χ0n) is 26.5. The number of benzene rings is 2.